The number of nitrogens with one attached hydrogen (secondary N) is 1. The van der Waals surface area contributed by atoms with Crippen molar-refractivity contribution in [2.45, 2.75) is 26.4 Å². The molecule has 0 aliphatic heterocycles. The standard InChI is InChI=1S/C12H13BrFN3S/c1-7(2)15-6-11-12(16-17-18-11)8-3-4-10(14)9(13)5-8/h3-5,7,15H,6H2,1-2H3. The Hall–Kier alpha value is -0.850. The van der Waals surface area contributed by atoms with E-state index >= 15 is 0 Å². The topological polar surface area (TPSA) is 37.8 Å². The summed E-state index contributed by atoms with van der Waals surface area (Å²) in [5.41, 5.74) is 1.69. The van der Waals surface area contributed by atoms with Crippen LogP contribution in [-0.2, 0) is 6.54 Å². The normalized spacial score (nSPS) is 11.2. The van der Waals surface area contributed by atoms with Gasteiger partial charge in [0, 0.05) is 18.2 Å². The van der Waals surface area contributed by atoms with Crippen molar-refractivity contribution in [3.05, 3.63) is 33.4 Å². The molecule has 0 amide bonds. The van der Waals surface area contributed by atoms with Crippen LogP contribution in [0, 0.1) is 5.82 Å². The molecule has 1 N–H and O–H groups in total. The lowest BCUT2D eigenvalue weighted by Gasteiger charge is -2.07. The maximum Gasteiger partial charge on any atom is 0.137 e. The smallest absolute Gasteiger partial charge is 0.137 e. The van der Waals surface area contributed by atoms with E-state index in [-0.39, 0.29) is 5.82 Å². The lowest BCUT2D eigenvalue weighted by molar-refractivity contribution is 0.593. The highest BCUT2D eigenvalue weighted by Crippen LogP contribution is 2.27. The second-order valence-electron chi connectivity index (χ2n) is 4.21. The SMILES string of the molecule is CC(C)NCc1snnc1-c1ccc(F)c(Br)c1. The number of rotatable bonds is 4. The Morgan fingerprint density at radius 1 is 1.44 bits per heavy atom. The lowest BCUT2D eigenvalue weighted by atomic mass is 10.1. The van der Waals surface area contributed by atoms with Crippen molar-refractivity contribution in [2.75, 3.05) is 0 Å². The molecule has 0 aliphatic rings. The van der Waals surface area contributed by atoms with Gasteiger partial charge in [-0.1, -0.05) is 18.3 Å². The molecule has 0 spiro atoms. The highest BCUT2D eigenvalue weighted by molar-refractivity contribution is 9.10. The average molecular weight is 330 g/mol. The second kappa shape index (κ2) is 5.86. The van der Waals surface area contributed by atoms with Crippen LogP contribution in [0.15, 0.2) is 22.7 Å². The predicted molar refractivity (Wildman–Crippen MR) is 75.0 cm³/mol. The van der Waals surface area contributed by atoms with Crippen molar-refractivity contribution in [3.8, 4) is 11.3 Å². The fraction of sp³-hybridized carbons (Fsp3) is 0.333. The summed E-state index contributed by atoms with van der Waals surface area (Å²) >= 11 is 4.55. The van der Waals surface area contributed by atoms with E-state index < -0.39 is 0 Å². The Labute approximate surface area is 118 Å². The molecule has 0 saturated carbocycles. The largest absolute Gasteiger partial charge is 0.310 e. The molecule has 1 heterocycles. The summed E-state index contributed by atoms with van der Waals surface area (Å²) in [6, 6.07) is 5.28. The van der Waals surface area contributed by atoms with Crippen LogP contribution in [0.5, 0.6) is 0 Å². The zero-order chi connectivity index (χ0) is 13.1. The average Bonchev–Trinajstić information content (AvgIpc) is 2.78. The number of hydrogen-bond donors (Lipinski definition) is 1. The zero-order valence-corrected chi connectivity index (χ0v) is 12.5. The Balaban J connectivity index is 2.27. The number of aromatic nitrogens is 2. The molecule has 0 atom stereocenters. The summed E-state index contributed by atoms with van der Waals surface area (Å²) in [7, 11) is 0. The van der Waals surface area contributed by atoms with Crippen LogP contribution in [-0.4, -0.2) is 15.6 Å². The van der Waals surface area contributed by atoms with Crippen LogP contribution in [0.25, 0.3) is 11.3 Å². The van der Waals surface area contributed by atoms with Gasteiger partial charge in [0.05, 0.1) is 9.35 Å². The van der Waals surface area contributed by atoms with Gasteiger partial charge < -0.3 is 5.32 Å². The van der Waals surface area contributed by atoms with Gasteiger partial charge in [-0.3, -0.25) is 0 Å². The first-order chi connectivity index (χ1) is 8.58. The van der Waals surface area contributed by atoms with Gasteiger partial charge in [0.25, 0.3) is 0 Å². The summed E-state index contributed by atoms with van der Waals surface area (Å²) in [6.07, 6.45) is 0. The molecule has 0 radical (unpaired) electrons. The van der Waals surface area contributed by atoms with Gasteiger partial charge >= 0.3 is 0 Å². The summed E-state index contributed by atoms with van der Waals surface area (Å²) in [5.74, 6) is -0.274. The van der Waals surface area contributed by atoms with Crippen molar-refractivity contribution < 1.29 is 4.39 Å². The van der Waals surface area contributed by atoms with E-state index in [4.69, 9.17) is 0 Å². The molecular weight excluding hydrogens is 317 g/mol. The molecule has 0 saturated heterocycles. The summed E-state index contributed by atoms with van der Waals surface area (Å²) in [4.78, 5) is 1.06. The number of halogens is 2. The first-order valence-corrected chi connectivity index (χ1v) is 7.14. The highest BCUT2D eigenvalue weighted by atomic mass is 79.9. The Morgan fingerprint density at radius 3 is 2.89 bits per heavy atom. The first kappa shape index (κ1) is 13.6. The van der Waals surface area contributed by atoms with Gasteiger partial charge in [-0.15, -0.1) is 5.10 Å². The Bertz CT molecular complexity index is 542. The molecule has 0 fully saturated rings. The molecule has 2 aromatic rings. The number of nitrogens with zero attached hydrogens (tertiary/aromatic N) is 2. The van der Waals surface area contributed by atoms with E-state index in [0.29, 0.717) is 10.5 Å². The van der Waals surface area contributed by atoms with Gasteiger partial charge in [-0.25, -0.2) is 4.39 Å². The van der Waals surface area contributed by atoms with Crippen molar-refractivity contribution in [1.29, 1.82) is 0 Å². The van der Waals surface area contributed by atoms with E-state index in [2.05, 4.69) is 44.7 Å². The van der Waals surface area contributed by atoms with E-state index in [1.54, 1.807) is 12.1 Å². The third-order valence-electron chi connectivity index (χ3n) is 2.42. The van der Waals surface area contributed by atoms with Crippen LogP contribution < -0.4 is 5.32 Å². The van der Waals surface area contributed by atoms with Gasteiger partial charge in [-0.2, -0.15) is 0 Å². The van der Waals surface area contributed by atoms with Crippen LogP contribution in [0.3, 0.4) is 0 Å². The van der Waals surface area contributed by atoms with E-state index in [0.717, 1.165) is 22.7 Å². The minimum absolute atomic E-state index is 0.274. The van der Waals surface area contributed by atoms with Gasteiger partial charge in [0.1, 0.15) is 11.5 Å². The quantitative estimate of drug-likeness (QED) is 0.931. The van der Waals surface area contributed by atoms with Crippen molar-refractivity contribution in [3.63, 3.8) is 0 Å². The van der Waals surface area contributed by atoms with Crippen LogP contribution in [0.2, 0.25) is 0 Å². The van der Waals surface area contributed by atoms with Crippen molar-refractivity contribution in [1.82, 2.24) is 14.9 Å². The minimum Gasteiger partial charge on any atom is -0.310 e. The number of benzene rings is 1. The lowest BCUT2D eigenvalue weighted by Crippen LogP contribution is -2.21. The van der Waals surface area contributed by atoms with Gasteiger partial charge in [-0.05, 0) is 45.7 Å². The molecule has 1 aromatic carbocycles. The maximum atomic E-state index is 13.2. The Kier molecular flexibility index (Phi) is 4.42. The third kappa shape index (κ3) is 3.13. The second-order valence-corrected chi connectivity index (χ2v) is 5.90. The molecule has 96 valence electrons. The molecule has 3 nitrogen and oxygen atoms in total. The van der Waals surface area contributed by atoms with Crippen molar-refractivity contribution >= 4 is 27.5 Å². The van der Waals surface area contributed by atoms with Crippen LogP contribution >= 0.6 is 27.5 Å². The van der Waals surface area contributed by atoms with E-state index in [9.17, 15) is 4.39 Å². The molecular formula is C12H13BrFN3S. The van der Waals surface area contributed by atoms with Gasteiger partial charge in [0.15, 0.2) is 0 Å². The van der Waals surface area contributed by atoms with Crippen LogP contribution in [0.4, 0.5) is 4.39 Å². The zero-order valence-electron chi connectivity index (χ0n) is 10.1. The minimum atomic E-state index is -0.274. The summed E-state index contributed by atoms with van der Waals surface area (Å²) in [6.45, 7) is 4.89. The predicted octanol–water partition coefficient (Wildman–Crippen LogP) is 3.60. The van der Waals surface area contributed by atoms with Crippen LogP contribution in [0.1, 0.15) is 18.7 Å². The maximum absolute atomic E-state index is 13.2. The molecule has 1 aromatic heterocycles. The number of hydrogen-bond acceptors (Lipinski definition) is 4. The van der Waals surface area contributed by atoms with Gasteiger partial charge in [0.2, 0.25) is 0 Å². The molecule has 0 aliphatic carbocycles. The molecule has 0 unspecified atom stereocenters. The summed E-state index contributed by atoms with van der Waals surface area (Å²) < 4.78 is 17.6. The van der Waals surface area contributed by atoms with E-state index in [1.165, 1.54) is 17.6 Å². The fourth-order valence-electron chi connectivity index (χ4n) is 1.48. The Morgan fingerprint density at radius 2 is 2.22 bits per heavy atom. The first-order valence-electron chi connectivity index (χ1n) is 5.58. The highest BCUT2D eigenvalue weighted by Gasteiger charge is 2.12. The van der Waals surface area contributed by atoms with E-state index in [1.807, 2.05) is 0 Å². The van der Waals surface area contributed by atoms with Crippen molar-refractivity contribution in [2.24, 2.45) is 0 Å². The fourth-order valence-corrected chi connectivity index (χ4v) is 2.48. The molecule has 6 heteroatoms. The third-order valence-corrected chi connectivity index (χ3v) is 3.75. The summed E-state index contributed by atoms with van der Waals surface area (Å²) in [5, 5.41) is 7.45. The molecule has 18 heavy (non-hydrogen) atoms. The monoisotopic (exact) mass is 329 g/mol. The molecule has 0 bridgehead atoms. The molecule has 2 rings (SSSR count).